The van der Waals surface area contributed by atoms with E-state index in [-0.39, 0.29) is 22.9 Å². The van der Waals surface area contributed by atoms with E-state index in [4.69, 9.17) is 16.3 Å². The van der Waals surface area contributed by atoms with E-state index in [1.807, 2.05) is 24.3 Å². The number of fused-ring (bicyclic) bond motifs is 1. The molecule has 0 amide bonds. The molecule has 0 saturated heterocycles. The zero-order valence-corrected chi connectivity index (χ0v) is 12.9. The smallest absolute Gasteiger partial charge is 0.181 e. The average Bonchev–Trinajstić information content (AvgIpc) is 2.59. The fourth-order valence-corrected chi connectivity index (χ4v) is 2.35. The van der Waals surface area contributed by atoms with Gasteiger partial charge in [-0.15, -0.1) is 0 Å². The predicted octanol–water partition coefficient (Wildman–Crippen LogP) is 4.18. The second kappa shape index (κ2) is 6.34. The molecule has 0 fully saturated rings. The molecule has 0 aliphatic heterocycles. The van der Waals surface area contributed by atoms with Crippen molar-refractivity contribution in [1.82, 2.24) is 9.97 Å². The van der Waals surface area contributed by atoms with Crippen molar-refractivity contribution < 1.29 is 13.5 Å². The van der Waals surface area contributed by atoms with Crippen molar-refractivity contribution in [2.45, 2.75) is 6.54 Å². The molecule has 1 heterocycles. The molecule has 0 aliphatic carbocycles. The normalized spacial score (nSPS) is 10.8. The van der Waals surface area contributed by atoms with Crippen LogP contribution in [0.2, 0.25) is 5.02 Å². The van der Waals surface area contributed by atoms with Gasteiger partial charge in [0, 0.05) is 12.1 Å². The third-order valence-electron chi connectivity index (χ3n) is 3.32. The largest absolute Gasteiger partial charge is 0.495 e. The Balaban J connectivity index is 1.86. The highest BCUT2D eigenvalue weighted by Crippen LogP contribution is 2.31. The molecule has 2 aromatic carbocycles. The second-order valence-corrected chi connectivity index (χ2v) is 5.16. The summed E-state index contributed by atoms with van der Waals surface area (Å²) in [5.74, 6) is -1.62. The summed E-state index contributed by atoms with van der Waals surface area (Å²) in [6, 6.07) is 8.72. The molecule has 0 atom stereocenters. The summed E-state index contributed by atoms with van der Waals surface area (Å²) in [5.41, 5.74) is 1.54. The van der Waals surface area contributed by atoms with Crippen LogP contribution in [0.15, 0.2) is 36.5 Å². The van der Waals surface area contributed by atoms with Crippen LogP contribution in [-0.4, -0.2) is 17.1 Å². The minimum Gasteiger partial charge on any atom is -0.495 e. The van der Waals surface area contributed by atoms with Crippen LogP contribution in [0.25, 0.3) is 11.0 Å². The first-order chi connectivity index (χ1) is 11.1. The first-order valence-corrected chi connectivity index (χ1v) is 7.14. The van der Waals surface area contributed by atoms with Gasteiger partial charge in [0.05, 0.1) is 24.3 Å². The van der Waals surface area contributed by atoms with E-state index < -0.39 is 11.6 Å². The number of methoxy groups -OCH3 is 1. The molecule has 23 heavy (non-hydrogen) atoms. The van der Waals surface area contributed by atoms with Gasteiger partial charge < -0.3 is 10.1 Å². The number of hydrogen-bond donors (Lipinski definition) is 1. The molecule has 1 aromatic heterocycles. The summed E-state index contributed by atoms with van der Waals surface area (Å²) in [4.78, 5) is 8.60. The second-order valence-electron chi connectivity index (χ2n) is 4.78. The molecule has 3 aromatic rings. The topological polar surface area (TPSA) is 47.0 Å². The Hall–Kier alpha value is -2.47. The Morgan fingerprint density at radius 2 is 1.91 bits per heavy atom. The molecule has 0 unspecified atom stereocenters. The number of nitrogens with zero attached hydrogens (tertiary/aromatic N) is 2. The van der Waals surface area contributed by atoms with Crippen molar-refractivity contribution in [3.63, 3.8) is 0 Å². The number of hydrogen-bond acceptors (Lipinski definition) is 4. The van der Waals surface area contributed by atoms with Gasteiger partial charge in [0.1, 0.15) is 16.6 Å². The van der Waals surface area contributed by atoms with Gasteiger partial charge in [0.2, 0.25) is 0 Å². The molecule has 0 spiro atoms. The van der Waals surface area contributed by atoms with E-state index in [1.54, 1.807) is 0 Å². The molecule has 7 heteroatoms. The Labute approximate surface area is 136 Å². The molecule has 3 rings (SSSR count). The number of anilines is 1. The van der Waals surface area contributed by atoms with Crippen LogP contribution < -0.4 is 10.1 Å². The van der Waals surface area contributed by atoms with Crippen molar-refractivity contribution in [2.24, 2.45) is 0 Å². The van der Waals surface area contributed by atoms with Crippen LogP contribution in [-0.2, 0) is 6.54 Å². The van der Waals surface area contributed by atoms with Crippen LogP contribution in [0.3, 0.4) is 0 Å². The Bertz CT molecular complexity index is 873. The van der Waals surface area contributed by atoms with E-state index in [0.29, 0.717) is 11.3 Å². The Kier molecular flexibility index (Phi) is 4.25. The van der Waals surface area contributed by atoms with Gasteiger partial charge in [-0.25, -0.2) is 13.8 Å². The lowest BCUT2D eigenvalue weighted by Gasteiger charge is -2.11. The summed E-state index contributed by atoms with van der Waals surface area (Å²) in [5, 5.41) is 2.54. The maximum Gasteiger partial charge on any atom is 0.181 e. The monoisotopic (exact) mass is 335 g/mol. The maximum atomic E-state index is 13.9. The van der Waals surface area contributed by atoms with Crippen molar-refractivity contribution in [3.05, 3.63) is 58.7 Å². The van der Waals surface area contributed by atoms with Crippen molar-refractivity contribution in [1.29, 1.82) is 0 Å². The van der Waals surface area contributed by atoms with Crippen LogP contribution in [0.4, 0.5) is 14.6 Å². The van der Waals surface area contributed by atoms with E-state index in [0.717, 1.165) is 5.52 Å². The minimum absolute atomic E-state index is 0.0172. The van der Waals surface area contributed by atoms with Gasteiger partial charge >= 0.3 is 0 Å². The van der Waals surface area contributed by atoms with Crippen LogP contribution in [0, 0.1) is 11.6 Å². The SMILES string of the molecule is COc1cc(CNc2cnc3ccccc3n2)c(F)c(F)c1Cl. The first kappa shape index (κ1) is 15.4. The van der Waals surface area contributed by atoms with Crippen LogP contribution in [0.1, 0.15) is 5.56 Å². The van der Waals surface area contributed by atoms with E-state index in [2.05, 4.69) is 15.3 Å². The fourth-order valence-electron chi connectivity index (χ4n) is 2.14. The Morgan fingerprint density at radius 1 is 1.17 bits per heavy atom. The summed E-state index contributed by atoms with van der Waals surface area (Å²) in [7, 11) is 1.34. The number of benzene rings is 2. The number of halogens is 3. The number of nitrogens with one attached hydrogen (secondary N) is 1. The maximum absolute atomic E-state index is 13.9. The van der Waals surface area contributed by atoms with Gasteiger partial charge in [0.15, 0.2) is 11.6 Å². The number of rotatable bonds is 4. The third-order valence-corrected chi connectivity index (χ3v) is 3.67. The standard InChI is InChI=1S/C16H12ClF2N3O/c1-23-12-6-9(15(18)16(19)14(12)17)7-21-13-8-20-10-4-2-3-5-11(10)22-13/h2-6,8H,7H2,1H3,(H,21,22). The summed E-state index contributed by atoms with van der Waals surface area (Å²) < 4.78 is 32.6. The van der Waals surface area contributed by atoms with Gasteiger partial charge in [-0.3, -0.25) is 4.98 Å². The molecule has 118 valence electrons. The van der Waals surface area contributed by atoms with E-state index >= 15 is 0 Å². The number of para-hydroxylation sites is 2. The highest BCUT2D eigenvalue weighted by atomic mass is 35.5. The Morgan fingerprint density at radius 3 is 2.65 bits per heavy atom. The van der Waals surface area contributed by atoms with Gasteiger partial charge in [0.25, 0.3) is 0 Å². The lowest BCUT2D eigenvalue weighted by atomic mass is 10.2. The molecule has 0 radical (unpaired) electrons. The van der Waals surface area contributed by atoms with Crippen LogP contribution >= 0.6 is 11.6 Å². The molecule has 4 nitrogen and oxygen atoms in total. The third kappa shape index (κ3) is 3.03. The highest BCUT2D eigenvalue weighted by molar-refractivity contribution is 6.32. The molecule has 0 saturated carbocycles. The molecule has 0 aliphatic rings. The number of ether oxygens (including phenoxy) is 1. The van der Waals surface area contributed by atoms with Gasteiger partial charge in [-0.05, 0) is 18.2 Å². The summed E-state index contributed by atoms with van der Waals surface area (Å²) in [6.45, 7) is 0.0172. The van der Waals surface area contributed by atoms with Crippen molar-refractivity contribution in [2.75, 3.05) is 12.4 Å². The van der Waals surface area contributed by atoms with Crippen molar-refractivity contribution >= 4 is 28.5 Å². The average molecular weight is 336 g/mol. The molecular formula is C16H12ClF2N3O. The van der Waals surface area contributed by atoms with E-state index in [1.165, 1.54) is 19.4 Å². The zero-order chi connectivity index (χ0) is 16.4. The fraction of sp³-hybridized carbons (Fsp3) is 0.125. The van der Waals surface area contributed by atoms with Crippen molar-refractivity contribution in [3.8, 4) is 5.75 Å². The predicted molar refractivity (Wildman–Crippen MR) is 84.8 cm³/mol. The first-order valence-electron chi connectivity index (χ1n) is 6.76. The summed E-state index contributed by atoms with van der Waals surface area (Å²) in [6.07, 6.45) is 1.53. The minimum atomic E-state index is -1.13. The highest BCUT2D eigenvalue weighted by Gasteiger charge is 2.17. The van der Waals surface area contributed by atoms with Gasteiger partial charge in [-0.1, -0.05) is 23.7 Å². The van der Waals surface area contributed by atoms with Gasteiger partial charge in [-0.2, -0.15) is 0 Å². The quantitative estimate of drug-likeness (QED) is 0.726. The molecule has 0 bridgehead atoms. The van der Waals surface area contributed by atoms with Crippen LogP contribution in [0.5, 0.6) is 5.75 Å². The summed E-state index contributed by atoms with van der Waals surface area (Å²) >= 11 is 5.67. The number of aromatic nitrogens is 2. The zero-order valence-electron chi connectivity index (χ0n) is 12.1. The lowest BCUT2D eigenvalue weighted by Crippen LogP contribution is -2.06. The lowest BCUT2D eigenvalue weighted by molar-refractivity contribution is 0.405. The molecule has 1 N–H and O–H groups in total. The van der Waals surface area contributed by atoms with E-state index in [9.17, 15) is 8.78 Å². The molecular weight excluding hydrogens is 324 g/mol.